The summed E-state index contributed by atoms with van der Waals surface area (Å²) in [7, 11) is 0. The van der Waals surface area contributed by atoms with Gasteiger partial charge in [0.15, 0.2) is 11.5 Å². The second-order valence-electron chi connectivity index (χ2n) is 4.96. The van der Waals surface area contributed by atoms with Crippen LogP contribution in [0, 0.1) is 5.92 Å². The zero-order chi connectivity index (χ0) is 14.8. The Kier molecular flexibility index (Phi) is 3.65. The number of anilines is 1. The van der Waals surface area contributed by atoms with Crippen LogP contribution in [0.1, 0.15) is 13.3 Å². The van der Waals surface area contributed by atoms with E-state index >= 15 is 0 Å². The van der Waals surface area contributed by atoms with Crippen molar-refractivity contribution < 1.29 is 14.6 Å². The summed E-state index contributed by atoms with van der Waals surface area (Å²) in [6, 6.07) is -0.251. The summed E-state index contributed by atoms with van der Waals surface area (Å²) in [5.41, 5.74) is 0.527. The van der Waals surface area contributed by atoms with E-state index in [1.807, 2.05) is 11.8 Å². The lowest BCUT2D eigenvalue weighted by Crippen LogP contribution is -2.44. The first-order valence-electron chi connectivity index (χ1n) is 6.81. The topological polar surface area (TPSA) is 106 Å². The summed E-state index contributed by atoms with van der Waals surface area (Å²) in [6.45, 7) is 3.30. The highest BCUT2D eigenvalue weighted by atomic mass is 16.5. The second kappa shape index (κ2) is 5.60. The van der Waals surface area contributed by atoms with Gasteiger partial charge in [-0.15, -0.1) is 5.10 Å². The number of aromatic nitrogens is 5. The molecular formula is C12H16N6O3. The van der Waals surface area contributed by atoms with E-state index in [1.54, 1.807) is 16.9 Å². The fourth-order valence-electron chi connectivity index (χ4n) is 2.64. The van der Waals surface area contributed by atoms with Crippen LogP contribution in [0.4, 0.5) is 5.82 Å². The van der Waals surface area contributed by atoms with Crippen molar-refractivity contribution in [1.29, 1.82) is 0 Å². The van der Waals surface area contributed by atoms with Gasteiger partial charge in [0.2, 0.25) is 0 Å². The SMILES string of the molecule is CCCN(c1cncc2nnnn12)C1COCC1C(=O)O. The van der Waals surface area contributed by atoms with E-state index in [-0.39, 0.29) is 12.6 Å². The van der Waals surface area contributed by atoms with Gasteiger partial charge in [-0.05, 0) is 16.8 Å². The van der Waals surface area contributed by atoms with Crippen LogP contribution >= 0.6 is 0 Å². The minimum Gasteiger partial charge on any atom is -0.481 e. The smallest absolute Gasteiger partial charge is 0.311 e. The van der Waals surface area contributed by atoms with Crippen molar-refractivity contribution in [2.24, 2.45) is 5.92 Å². The molecule has 3 heterocycles. The molecule has 2 aromatic rings. The molecule has 0 saturated carbocycles. The van der Waals surface area contributed by atoms with Gasteiger partial charge in [-0.25, -0.2) is 0 Å². The molecule has 1 aliphatic rings. The molecule has 9 heteroatoms. The van der Waals surface area contributed by atoms with Crippen molar-refractivity contribution in [2.45, 2.75) is 19.4 Å². The molecule has 1 fully saturated rings. The molecule has 112 valence electrons. The van der Waals surface area contributed by atoms with Crippen molar-refractivity contribution in [2.75, 3.05) is 24.7 Å². The third-order valence-corrected chi connectivity index (χ3v) is 3.62. The molecule has 0 aromatic carbocycles. The van der Waals surface area contributed by atoms with Crippen LogP contribution in [0.2, 0.25) is 0 Å². The van der Waals surface area contributed by atoms with E-state index in [4.69, 9.17) is 4.74 Å². The molecule has 0 radical (unpaired) electrons. The molecule has 0 spiro atoms. The monoisotopic (exact) mass is 292 g/mol. The molecule has 2 atom stereocenters. The highest BCUT2D eigenvalue weighted by molar-refractivity contribution is 5.72. The Morgan fingerprint density at radius 1 is 1.52 bits per heavy atom. The van der Waals surface area contributed by atoms with Crippen molar-refractivity contribution in [1.82, 2.24) is 25.0 Å². The maximum absolute atomic E-state index is 11.4. The van der Waals surface area contributed by atoms with Crippen molar-refractivity contribution in [3.05, 3.63) is 12.4 Å². The number of hydrogen-bond acceptors (Lipinski definition) is 7. The lowest BCUT2D eigenvalue weighted by Gasteiger charge is -2.31. The molecule has 1 saturated heterocycles. The molecule has 1 N–H and O–H groups in total. The van der Waals surface area contributed by atoms with Crippen molar-refractivity contribution in [3.63, 3.8) is 0 Å². The summed E-state index contributed by atoms with van der Waals surface area (Å²) in [6.07, 6.45) is 4.07. The van der Waals surface area contributed by atoms with Crippen LogP contribution in [0.5, 0.6) is 0 Å². The fraction of sp³-hybridized carbons (Fsp3) is 0.583. The van der Waals surface area contributed by atoms with Gasteiger partial charge in [0, 0.05) is 6.54 Å². The van der Waals surface area contributed by atoms with Gasteiger partial charge in [0.25, 0.3) is 0 Å². The van der Waals surface area contributed by atoms with Gasteiger partial charge < -0.3 is 14.7 Å². The first kappa shape index (κ1) is 13.7. The molecule has 2 unspecified atom stereocenters. The standard InChI is InChI=1S/C12H16N6O3/c1-2-3-17(9-7-21-6-8(9)12(19)20)11-5-13-4-10-14-15-16-18(10)11/h4-5,8-9H,2-3,6-7H2,1H3,(H,19,20). The number of rotatable bonds is 5. The predicted molar refractivity (Wildman–Crippen MR) is 71.9 cm³/mol. The predicted octanol–water partition coefficient (Wildman–Crippen LogP) is -0.165. The van der Waals surface area contributed by atoms with Gasteiger partial charge in [0.1, 0.15) is 5.92 Å². The summed E-state index contributed by atoms with van der Waals surface area (Å²) in [5, 5.41) is 20.8. The summed E-state index contributed by atoms with van der Waals surface area (Å²) in [4.78, 5) is 17.5. The van der Waals surface area contributed by atoms with E-state index in [2.05, 4.69) is 20.5 Å². The summed E-state index contributed by atoms with van der Waals surface area (Å²) in [5.74, 6) is -0.736. The van der Waals surface area contributed by atoms with Crippen molar-refractivity contribution in [3.8, 4) is 0 Å². The largest absolute Gasteiger partial charge is 0.481 e. The molecule has 0 amide bonds. The zero-order valence-corrected chi connectivity index (χ0v) is 11.6. The number of tetrazole rings is 1. The second-order valence-corrected chi connectivity index (χ2v) is 4.96. The quantitative estimate of drug-likeness (QED) is 0.810. The third kappa shape index (κ3) is 2.40. The Balaban J connectivity index is 2.01. The highest BCUT2D eigenvalue weighted by Crippen LogP contribution is 2.25. The normalized spacial score (nSPS) is 21.8. The molecule has 1 aliphatic heterocycles. The van der Waals surface area contributed by atoms with Gasteiger partial charge in [-0.1, -0.05) is 6.92 Å². The number of carboxylic acids is 1. The first-order valence-corrected chi connectivity index (χ1v) is 6.81. The molecule has 0 bridgehead atoms. The molecule has 0 aliphatic carbocycles. The Hall–Kier alpha value is -2.29. The maximum atomic E-state index is 11.4. The minimum absolute atomic E-state index is 0.221. The van der Waals surface area contributed by atoms with Crippen LogP contribution in [-0.2, 0) is 9.53 Å². The maximum Gasteiger partial charge on any atom is 0.311 e. The number of carbonyl (C=O) groups is 1. The number of carboxylic acid groups (broad SMARTS) is 1. The van der Waals surface area contributed by atoms with Gasteiger partial charge in [0.05, 0.1) is 31.6 Å². The Bertz CT molecular complexity index is 645. The minimum atomic E-state index is -0.851. The number of hydrogen-bond donors (Lipinski definition) is 1. The van der Waals surface area contributed by atoms with E-state index < -0.39 is 11.9 Å². The van der Waals surface area contributed by atoms with Gasteiger partial charge in [-0.2, -0.15) is 4.52 Å². The van der Waals surface area contributed by atoms with Crippen LogP contribution in [0.3, 0.4) is 0 Å². The summed E-state index contributed by atoms with van der Waals surface area (Å²) < 4.78 is 6.94. The Morgan fingerprint density at radius 3 is 3.14 bits per heavy atom. The fourth-order valence-corrected chi connectivity index (χ4v) is 2.64. The average Bonchev–Trinajstić information content (AvgIpc) is 3.12. The molecule has 9 nitrogen and oxygen atoms in total. The number of nitrogens with zero attached hydrogens (tertiary/aromatic N) is 6. The lowest BCUT2D eigenvalue weighted by atomic mass is 10.0. The molecule has 2 aromatic heterocycles. The third-order valence-electron chi connectivity index (χ3n) is 3.62. The number of ether oxygens (including phenoxy) is 1. The average molecular weight is 292 g/mol. The van der Waals surface area contributed by atoms with Crippen LogP contribution in [0.15, 0.2) is 12.4 Å². The van der Waals surface area contributed by atoms with Crippen LogP contribution in [-0.4, -0.2) is 61.9 Å². The Morgan fingerprint density at radius 2 is 2.38 bits per heavy atom. The van der Waals surface area contributed by atoms with Crippen molar-refractivity contribution >= 4 is 17.4 Å². The van der Waals surface area contributed by atoms with E-state index in [9.17, 15) is 9.90 Å². The van der Waals surface area contributed by atoms with Crippen LogP contribution in [0.25, 0.3) is 5.65 Å². The number of aliphatic carboxylic acids is 1. The lowest BCUT2D eigenvalue weighted by molar-refractivity contribution is -0.142. The molecule has 3 rings (SSSR count). The molecule has 21 heavy (non-hydrogen) atoms. The van der Waals surface area contributed by atoms with E-state index in [0.717, 1.165) is 6.42 Å². The summed E-state index contributed by atoms with van der Waals surface area (Å²) >= 11 is 0. The van der Waals surface area contributed by atoms with E-state index in [0.29, 0.717) is 24.6 Å². The van der Waals surface area contributed by atoms with Crippen LogP contribution < -0.4 is 4.90 Å². The number of fused-ring (bicyclic) bond motifs is 1. The van der Waals surface area contributed by atoms with E-state index in [1.165, 1.54) is 0 Å². The molecular weight excluding hydrogens is 276 g/mol. The van der Waals surface area contributed by atoms with Gasteiger partial charge in [-0.3, -0.25) is 9.78 Å². The van der Waals surface area contributed by atoms with Gasteiger partial charge >= 0.3 is 5.97 Å². The first-order chi connectivity index (χ1) is 10.2. The highest BCUT2D eigenvalue weighted by Gasteiger charge is 2.38. The zero-order valence-electron chi connectivity index (χ0n) is 11.6. The Labute approximate surface area is 120 Å².